The molecule has 0 saturated carbocycles. The highest BCUT2D eigenvalue weighted by Crippen LogP contribution is 2.24. The summed E-state index contributed by atoms with van der Waals surface area (Å²) in [7, 11) is 0. The van der Waals surface area contributed by atoms with Crippen molar-refractivity contribution in [2.45, 2.75) is 32.1 Å². The third kappa shape index (κ3) is 2.03. The van der Waals surface area contributed by atoms with Gasteiger partial charge in [-0.05, 0) is 37.7 Å². The topological polar surface area (TPSA) is 17.1 Å². The normalized spacial score (nSPS) is 26.0. The van der Waals surface area contributed by atoms with Gasteiger partial charge in [0.2, 0.25) is 0 Å². The molecule has 2 aliphatic rings. The number of hydrogen-bond acceptors (Lipinski definition) is 1. The van der Waals surface area contributed by atoms with Crippen LogP contribution in [-0.4, -0.2) is 5.78 Å². The van der Waals surface area contributed by atoms with Crippen LogP contribution in [0, 0.1) is 5.92 Å². The largest absolute Gasteiger partial charge is 0.294 e. The van der Waals surface area contributed by atoms with Crippen LogP contribution in [0.25, 0.3) is 0 Å². The Labute approximate surface area is 85.2 Å². The first-order valence-electron chi connectivity index (χ1n) is 5.44. The van der Waals surface area contributed by atoms with Crippen LogP contribution >= 0.6 is 0 Å². The lowest BCUT2D eigenvalue weighted by atomic mass is 9.86. The zero-order valence-electron chi connectivity index (χ0n) is 8.41. The fraction of sp³-hybridized carbons (Fsp3) is 0.462. The van der Waals surface area contributed by atoms with Gasteiger partial charge in [-0.25, -0.2) is 0 Å². The van der Waals surface area contributed by atoms with E-state index in [9.17, 15) is 4.79 Å². The average molecular weight is 188 g/mol. The van der Waals surface area contributed by atoms with Gasteiger partial charge in [0, 0.05) is 5.92 Å². The SMILES string of the molecule is O=C(C1=CC=CCC1)C1C=CCCC1. The van der Waals surface area contributed by atoms with Crippen LogP contribution in [-0.2, 0) is 4.79 Å². The minimum atomic E-state index is 0.168. The number of carbonyl (C=O) groups is 1. The lowest BCUT2D eigenvalue weighted by Gasteiger charge is -2.17. The summed E-state index contributed by atoms with van der Waals surface area (Å²) in [6.07, 6.45) is 15.6. The molecule has 1 atom stereocenters. The van der Waals surface area contributed by atoms with E-state index in [1.165, 1.54) is 0 Å². The first-order valence-corrected chi connectivity index (χ1v) is 5.44. The minimum absolute atomic E-state index is 0.168. The van der Waals surface area contributed by atoms with Crippen molar-refractivity contribution >= 4 is 5.78 Å². The van der Waals surface area contributed by atoms with Gasteiger partial charge in [0.15, 0.2) is 5.78 Å². The van der Waals surface area contributed by atoms with E-state index in [0.717, 1.165) is 37.7 Å². The number of ketones is 1. The lowest BCUT2D eigenvalue weighted by Crippen LogP contribution is -2.17. The van der Waals surface area contributed by atoms with Gasteiger partial charge in [-0.15, -0.1) is 0 Å². The third-order valence-electron chi connectivity index (χ3n) is 2.92. The van der Waals surface area contributed by atoms with Crippen LogP contribution in [0.4, 0.5) is 0 Å². The van der Waals surface area contributed by atoms with Crippen molar-refractivity contribution in [3.8, 4) is 0 Å². The molecule has 0 heterocycles. The smallest absolute Gasteiger partial charge is 0.165 e. The summed E-state index contributed by atoms with van der Waals surface area (Å²) in [5, 5.41) is 0. The monoisotopic (exact) mass is 188 g/mol. The second kappa shape index (κ2) is 4.41. The van der Waals surface area contributed by atoms with Crippen LogP contribution in [0.5, 0.6) is 0 Å². The molecule has 0 aromatic rings. The molecule has 1 heteroatoms. The Morgan fingerprint density at radius 1 is 1.29 bits per heavy atom. The van der Waals surface area contributed by atoms with Crippen LogP contribution in [0.1, 0.15) is 32.1 Å². The average Bonchev–Trinajstić information content (AvgIpc) is 2.30. The fourth-order valence-corrected chi connectivity index (χ4v) is 2.08. The molecule has 0 saturated heterocycles. The van der Waals surface area contributed by atoms with Gasteiger partial charge in [-0.1, -0.05) is 30.4 Å². The summed E-state index contributed by atoms with van der Waals surface area (Å²) in [6.45, 7) is 0. The van der Waals surface area contributed by atoms with Gasteiger partial charge in [-0.2, -0.15) is 0 Å². The van der Waals surface area contributed by atoms with E-state index in [-0.39, 0.29) is 5.92 Å². The Morgan fingerprint density at radius 3 is 2.86 bits per heavy atom. The zero-order valence-corrected chi connectivity index (χ0v) is 8.41. The number of rotatable bonds is 2. The van der Waals surface area contributed by atoms with Gasteiger partial charge in [-0.3, -0.25) is 4.79 Å². The molecule has 14 heavy (non-hydrogen) atoms. The van der Waals surface area contributed by atoms with E-state index < -0.39 is 0 Å². The van der Waals surface area contributed by atoms with Crippen LogP contribution in [0.3, 0.4) is 0 Å². The van der Waals surface area contributed by atoms with Gasteiger partial charge in [0.05, 0.1) is 0 Å². The van der Waals surface area contributed by atoms with Crippen molar-refractivity contribution in [2.24, 2.45) is 5.92 Å². The fourth-order valence-electron chi connectivity index (χ4n) is 2.08. The van der Waals surface area contributed by atoms with Crippen molar-refractivity contribution in [3.05, 3.63) is 36.0 Å². The lowest BCUT2D eigenvalue weighted by molar-refractivity contribution is -0.118. The maximum atomic E-state index is 12.0. The van der Waals surface area contributed by atoms with Crippen molar-refractivity contribution < 1.29 is 4.79 Å². The summed E-state index contributed by atoms with van der Waals surface area (Å²) in [4.78, 5) is 12.0. The van der Waals surface area contributed by atoms with Crippen molar-refractivity contribution in [1.29, 1.82) is 0 Å². The maximum Gasteiger partial charge on any atom is 0.165 e. The zero-order chi connectivity index (χ0) is 9.80. The second-order valence-corrected chi connectivity index (χ2v) is 3.99. The summed E-state index contributed by atoms with van der Waals surface area (Å²) in [5.74, 6) is 0.520. The molecular weight excluding hydrogens is 172 g/mol. The number of carbonyl (C=O) groups excluding carboxylic acids is 1. The molecule has 1 unspecified atom stereocenters. The van der Waals surface area contributed by atoms with Gasteiger partial charge in [0.25, 0.3) is 0 Å². The molecule has 0 fully saturated rings. The van der Waals surface area contributed by atoms with Crippen molar-refractivity contribution in [3.63, 3.8) is 0 Å². The van der Waals surface area contributed by atoms with E-state index >= 15 is 0 Å². The van der Waals surface area contributed by atoms with E-state index in [1.54, 1.807) is 0 Å². The Morgan fingerprint density at radius 2 is 2.21 bits per heavy atom. The van der Waals surface area contributed by atoms with Crippen LogP contribution < -0.4 is 0 Å². The first-order chi connectivity index (χ1) is 6.88. The molecule has 74 valence electrons. The molecule has 0 N–H and O–H groups in total. The number of Topliss-reactive ketones (excluding diaryl/α,β-unsaturated/α-hetero) is 1. The predicted octanol–water partition coefficient (Wildman–Crippen LogP) is 3.19. The highest BCUT2D eigenvalue weighted by Gasteiger charge is 2.20. The van der Waals surface area contributed by atoms with Gasteiger partial charge in [0.1, 0.15) is 0 Å². The minimum Gasteiger partial charge on any atom is -0.294 e. The molecule has 0 amide bonds. The molecule has 2 rings (SSSR count). The third-order valence-corrected chi connectivity index (χ3v) is 2.92. The molecule has 0 bridgehead atoms. The summed E-state index contributed by atoms with van der Waals surface area (Å²) in [5.41, 5.74) is 1.02. The second-order valence-electron chi connectivity index (χ2n) is 3.99. The highest BCUT2D eigenvalue weighted by atomic mass is 16.1. The van der Waals surface area contributed by atoms with E-state index in [1.807, 2.05) is 12.2 Å². The quantitative estimate of drug-likeness (QED) is 0.608. The number of hydrogen-bond donors (Lipinski definition) is 0. The molecule has 2 aliphatic carbocycles. The number of allylic oxidation sites excluding steroid dienone is 6. The standard InChI is InChI=1S/C13H16O/c14-13(11-7-3-1-4-8-11)12-9-5-2-6-10-12/h1,3,5,7,9,12H,2,4,6,8,10H2. The molecule has 0 aromatic carbocycles. The van der Waals surface area contributed by atoms with Crippen LogP contribution in [0.2, 0.25) is 0 Å². The first kappa shape index (κ1) is 9.45. The van der Waals surface area contributed by atoms with Gasteiger partial charge >= 0.3 is 0 Å². The Balaban J connectivity index is 2.06. The molecule has 0 aromatic heterocycles. The van der Waals surface area contributed by atoms with Crippen molar-refractivity contribution in [1.82, 2.24) is 0 Å². The Kier molecular flexibility index (Phi) is 2.97. The summed E-state index contributed by atoms with van der Waals surface area (Å²) < 4.78 is 0. The predicted molar refractivity (Wildman–Crippen MR) is 57.9 cm³/mol. The molecule has 0 aliphatic heterocycles. The maximum absolute atomic E-state index is 12.0. The van der Waals surface area contributed by atoms with Gasteiger partial charge < -0.3 is 0 Å². The summed E-state index contributed by atoms with van der Waals surface area (Å²) >= 11 is 0. The Bertz CT molecular complexity index is 307. The van der Waals surface area contributed by atoms with E-state index in [2.05, 4.69) is 18.2 Å². The molecular formula is C13H16O. The highest BCUT2D eigenvalue weighted by molar-refractivity contribution is 5.98. The molecule has 0 spiro atoms. The Hall–Kier alpha value is -1.11. The molecule has 1 nitrogen and oxygen atoms in total. The van der Waals surface area contributed by atoms with Crippen LogP contribution in [0.15, 0.2) is 36.0 Å². The van der Waals surface area contributed by atoms with E-state index in [4.69, 9.17) is 0 Å². The van der Waals surface area contributed by atoms with E-state index in [0.29, 0.717) is 5.78 Å². The molecule has 0 radical (unpaired) electrons. The van der Waals surface area contributed by atoms with Crippen molar-refractivity contribution in [2.75, 3.05) is 0 Å². The summed E-state index contributed by atoms with van der Waals surface area (Å²) in [6, 6.07) is 0.